The van der Waals surface area contributed by atoms with Crippen molar-refractivity contribution in [3.05, 3.63) is 36.4 Å². The lowest BCUT2D eigenvalue weighted by molar-refractivity contribution is -0.132. The number of halogens is 1. The highest BCUT2D eigenvalue weighted by Gasteiger charge is 2.26. The zero-order valence-corrected chi connectivity index (χ0v) is 15.2. The summed E-state index contributed by atoms with van der Waals surface area (Å²) < 4.78 is 11.0. The van der Waals surface area contributed by atoms with Crippen molar-refractivity contribution < 1.29 is 14.3 Å². The number of methoxy groups -OCH3 is 1. The molecule has 5 nitrogen and oxygen atoms in total. The molecule has 0 spiro atoms. The maximum absolute atomic E-state index is 12.3. The Kier molecular flexibility index (Phi) is 8.65. The van der Waals surface area contributed by atoms with Crippen LogP contribution in [0.1, 0.15) is 12.0 Å². The lowest BCUT2D eigenvalue weighted by Crippen LogP contribution is -2.34. The molecule has 24 heavy (non-hydrogen) atoms. The van der Waals surface area contributed by atoms with Gasteiger partial charge in [0.05, 0.1) is 7.11 Å². The van der Waals surface area contributed by atoms with Gasteiger partial charge in [0.25, 0.3) is 5.91 Å². The van der Waals surface area contributed by atoms with E-state index < -0.39 is 0 Å². The van der Waals surface area contributed by atoms with Crippen LogP contribution in [-0.4, -0.2) is 51.2 Å². The van der Waals surface area contributed by atoms with E-state index in [0.29, 0.717) is 17.4 Å². The van der Waals surface area contributed by atoms with Gasteiger partial charge >= 0.3 is 0 Å². The van der Waals surface area contributed by atoms with E-state index in [0.717, 1.165) is 38.0 Å². The summed E-state index contributed by atoms with van der Waals surface area (Å²) in [6, 6.07) is 5.72. The van der Waals surface area contributed by atoms with Crippen molar-refractivity contribution in [2.75, 3.05) is 40.4 Å². The van der Waals surface area contributed by atoms with E-state index in [4.69, 9.17) is 9.47 Å². The average Bonchev–Trinajstić information content (AvgIpc) is 3.02. The number of rotatable bonds is 8. The van der Waals surface area contributed by atoms with Gasteiger partial charge < -0.3 is 19.7 Å². The van der Waals surface area contributed by atoms with Crippen LogP contribution in [0.2, 0.25) is 0 Å². The second-order valence-electron chi connectivity index (χ2n) is 5.82. The lowest BCUT2D eigenvalue weighted by Gasteiger charge is -2.18. The van der Waals surface area contributed by atoms with E-state index in [1.165, 1.54) is 0 Å². The number of carbonyl (C=O) groups excluding carboxylic acids is 1. The van der Waals surface area contributed by atoms with Crippen molar-refractivity contribution in [1.82, 2.24) is 10.2 Å². The molecule has 0 aromatic heterocycles. The van der Waals surface area contributed by atoms with Crippen LogP contribution in [0.5, 0.6) is 11.5 Å². The van der Waals surface area contributed by atoms with Crippen molar-refractivity contribution in [2.45, 2.75) is 12.8 Å². The molecule has 1 aromatic rings. The number of allylic oxidation sites excluding steroid dienone is 1. The molecule has 6 heteroatoms. The van der Waals surface area contributed by atoms with Crippen LogP contribution in [0.3, 0.4) is 0 Å². The van der Waals surface area contributed by atoms with Gasteiger partial charge in [-0.2, -0.15) is 0 Å². The monoisotopic (exact) mass is 354 g/mol. The molecule has 0 saturated carbocycles. The summed E-state index contributed by atoms with van der Waals surface area (Å²) in [6.07, 6.45) is 3.66. The molecular formula is C18H27ClN2O3. The van der Waals surface area contributed by atoms with Gasteiger partial charge in [0.15, 0.2) is 18.1 Å². The number of benzene rings is 1. The maximum Gasteiger partial charge on any atom is 0.260 e. The quantitative estimate of drug-likeness (QED) is 0.728. The highest BCUT2D eigenvalue weighted by atomic mass is 35.5. The van der Waals surface area contributed by atoms with E-state index in [-0.39, 0.29) is 24.9 Å². The highest BCUT2D eigenvalue weighted by Crippen LogP contribution is 2.28. The Morgan fingerprint density at radius 3 is 2.92 bits per heavy atom. The summed E-state index contributed by atoms with van der Waals surface area (Å²) >= 11 is 0. The fraction of sp³-hybridized carbons (Fsp3) is 0.500. The number of hydrogen-bond acceptors (Lipinski definition) is 4. The minimum atomic E-state index is 0. The Bertz CT molecular complexity index is 551. The van der Waals surface area contributed by atoms with Crippen LogP contribution in [0.4, 0.5) is 0 Å². The van der Waals surface area contributed by atoms with Gasteiger partial charge in [0.1, 0.15) is 0 Å². The largest absolute Gasteiger partial charge is 0.493 e. The molecule has 134 valence electrons. The standard InChI is InChI=1S/C18H26N2O3.ClH/c1-4-5-14-6-7-16(17(10-14)22-3)23-13-18(21)20-9-8-15(12-20)11-19-2;/h4,6-7,10,15,19H,1,5,8-9,11-13H2,2-3H3;1H. The minimum Gasteiger partial charge on any atom is -0.493 e. The van der Waals surface area contributed by atoms with E-state index in [1.807, 2.05) is 36.2 Å². The third-order valence-corrected chi connectivity index (χ3v) is 4.09. The van der Waals surface area contributed by atoms with Crippen molar-refractivity contribution in [2.24, 2.45) is 5.92 Å². The summed E-state index contributed by atoms with van der Waals surface area (Å²) in [6.45, 7) is 6.34. The molecule has 0 radical (unpaired) electrons. The Morgan fingerprint density at radius 2 is 2.25 bits per heavy atom. The van der Waals surface area contributed by atoms with Crippen LogP contribution in [0.25, 0.3) is 0 Å². The van der Waals surface area contributed by atoms with Crippen LogP contribution >= 0.6 is 12.4 Å². The molecule has 1 atom stereocenters. The number of nitrogens with one attached hydrogen (secondary N) is 1. The number of likely N-dealkylation sites (tertiary alicyclic amines) is 1. The lowest BCUT2D eigenvalue weighted by atomic mass is 10.1. The van der Waals surface area contributed by atoms with Crippen LogP contribution < -0.4 is 14.8 Å². The number of ether oxygens (including phenoxy) is 2. The Hall–Kier alpha value is -1.72. The van der Waals surface area contributed by atoms with Gasteiger partial charge in [-0.25, -0.2) is 0 Å². The van der Waals surface area contributed by atoms with Crippen molar-refractivity contribution in [3.63, 3.8) is 0 Å². The average molecular weight is 355 g/mol. The van der Waals surface area contributed by atoms with Gasteiger partial charge in [0, 0.05) is 13.1 Å². The first kappa shape index (κ1) is 20.3. The molecule has 1 aliphatic heterocycles. The first-order valence-corrected chi connectivity index (χ1v) is 8.01. The van der Waals surface area contributed by atoms with Crippen molar-refractivity contribution in [1.29, 1.82) is 0 Å². The highest BCUT2D eigenvalue weighted by molar-refractivity contribution is 5.85. The molecule has 1 amide bonds. The van der Waals surface area contributed by atoms with E-state index >= 15 is 0 Å². The van der Waals surface area contributed by atoms with Gasteiger partial charge in [-0.05, 0) is 50.0 Å². The molecule has 1 fully saturated rings. The van der Waals surface area contributed by atoms with Crippen molar-refractivity contribution >= 4 is 18.3 Å². The normalized spacial score (nSPS) is 16.4. The van der Waals surface area contributed by atoms with Gasteiger partial charge in [-0.15, -0.1) is 19.0 Å². The van der Waals surface area contributed by atoms with Gasteiger partial charge in [-0.3, -0.25) is 4.79 Å². The summed E-state index contributed by atoms with van der Waals surface area (Å²) in [4.78, 5) is 14.1. The summed E-state index contributed by atoms with van der Waals surface area (Å²) in [7, 11) is 3.54. The van der Waals surface area contributed by atoms with Gasteiger partial charge in [-0.1, -0.05) is 12.1 Å². The fourth-order valence-corrected chi connectivity index (χ4v) is 2.87. The molecule has 1 saturated heterocycles. The first-order valence-electron chi connectivity index (χ1n) is 8.01. The molecular weight excluding hydrogens is 328 g/mol. The minimum absolute atomic E-state index is 0. The fourth-order valence-electron chi connectivity index (χ4n) is 2.87. The van der Waals surface area contributed by atoms with Gasteiger partial charge in [0.2, 0.25) is 0 Å². The topological polar surface area (TPSA) is 50.8 Å². The molecule has 1 aromatic carbocycles. The Balaban J connectivity index is 0.00000288. The number of carbonyl (C=O) groups is 1. The zero-order valence-electron chi connectivity index (χ0n) is 14.4. The molecule has 1 unspecified atom stereocenters. The summed E-state index contributed by atoms with van der Waals surface area (Å²) in [5, 5.41) is 3.16. The molecule has 0 bridgehead atoms. The molecule has 0 aliphatic carbocycles. The van der Waals surface area contributed by atoms with Crippen LogP contribution in [0.15, 0.2) is 30.9 Å². The maximum atomic E-state index is 12.3. The SMILES string of the molecule is C=CCc1ccc(OCC(=O)N2CCC(CNC)C2)c(OC)c1.Cl. The van der Waals surface area contributed by atoms with E-state index in [1.54, 1.807) is 7.11 Å². The van der Waals surface area contributed by atoms with Crippen molar-refractivity contribution in [3.8, 4) is 11.5 Å². The first-order chi connectivity index (χ1) is 11.2. The van der Waals surface area contributed by atoms with Crippen LogP contribution in [-0.2, 0) is 11.2 Å². The number of amides is 1. The molecule has 1 aliphatic rings. The number of nitrogens with zero attached hydrogens (tertiary/aromatic N) is 1. The zero-order chi connectivity index (χ0) is 16.7. The second-order valence-corrected chi connectivity index (χ2v) is 5.82. The number of hydrogen-bond donors (Lipinski definition) is 1. The molecule has 1 N–H and O–H groups in total. The predicted octanol–water partition coefficient (Wildman–Crippen LogP) is 2.29. The van der Waals surface area contributed by atoms with E-state index in [2.05, 4.69) is 11.9 Å². The smallest absolute Gasteiger partial charge is 0.260 e. The second kappa shape index (κ2) is 10.2. The van der Waals surface area contributed by atoms with Crippen LogP contribution in [0, 0.1) is 5.92 Å². The summed E-state index contributed by atoms with van der Waals surface area (Å²) in [5.41, 5.74) is 1.10. The predicted molar refractivity (Wildman–Crippen MR) is 98.3 cm³/mol. The Morgan fingerprint density at radius 1 is 1.46 bits per heavy atom. The van der Waals surface area contributed by atoms with E-state index in [9.17, 15) is 4.79 Å². The third kappa shape index (κ3) is 5.42. The molecule has 2 rings (SSSR count). The third-order valence-electron chi connectivity index (χ3n) is 4.09. The Labute approximate surface area is 150 Å². The molecule has 1 heterocycles. The summed E-state index contributed by atoms with van der Waals surface area (Å²) in [5.74, 6) is 1.81.